The van der Waals surface area contributed by atoms with Gasteiger partial charge in [-0.3, -0.25) is 4.68 Å². The molecule has 0 atom stereocenters. The van der Waals surface area contributed by atoms with Crippen molar-refractivity contribution in [2.75, 3.05) is 0 Å². The van der Waals surface area contributed by atoms with Crippen LogP contribution in [0.15, 0.2) is 22.4 Å². The number of oxime groups is 1. The lowest BCUT2D eigenvalue weighted by Gasteiger charge is -2.36. The van der Waals surface area contributed by atoms with Crippen molar-refractivity contribution < 1.29 is 13.6 Å². The Morgan fingerprint density at radius 1 is 1.50 bits per heavy atom. The summed E-state index contributed by atoms with van der Waals surface area (Å²) in [6.45, 7) is 0. The minimum absolute atomic E-state index is 0.0655. The highest BCUT2D eigenvalue weighted by atomic mass is 32.2. The standard InChI is InChI=1S/C11H19N5O3S/c1-16-8-9(7-13-16)20(18,19)15-11(10(12)14-17)5-3-2-4-6-11/h7-8,15,17H,2-6H2,1H3,(H2,12,14). The van der Waals surface area contributed by atoms with Gasteiger partial charge in [0.1, 0.15) is 4.90 Å². The van der Waals surface area contributed by atoms with Gasteiger partial charge in [0.2, 0.25) is 10.0 Å². The topological polar surface area (TPSA) is 123 Å². The minimum Gasteiger partial charge on any atom is -0.409 e. The molecule has 9 heteroatoms. The first kappa shape index (κ1) is 14.8. The van der Waals surface area contributed by atoms with Crippen LogP contribution in [0.4, 0.5) is 0 Å². The van der Waals surface area contributed by atoms with Gasteiger partial charge in [-0.2, -0.15) is 9.82 Å². The van der Waals surface area contributed by atoms with Gasteiger partial charge in [0.15, 0.2) is 5.84 Å². The number of hydrogen-bond acceptors (Lipinski definition) is 5. The van der Waals surface area contributed by atoms with E-state index in [1.165, 1.54) is 17.1 Å². The molecule has 1 aromatic heterocycles. The van der Waals surface area contributed by atoms with Crippen LogP contribution in [0.25, 0.3) is 0 Å². The van der Waals surface area contributed by atoms with E-state index in [0.717, 1.165) is 19.3 Å². The van der Waals surface area contributed by atoms with Gasteiger partial charge < -0.3 is 10.9 Å². The first-order valence-corrected chi connectivity index (χ1v) is 7.89. The van der Waals surface area contributed by atoms with Crippen LogP contribution in [0, 0.1) is 0 Å². The minimum atomic E-state index is -3.76. The van der Waals surface area contributed by atoms with Crippen LogP contribution in [0.3, 0.4) is 0 Å². The Morgan fingerprint density at radius 3 is 2.65 bits per heavy atom. The van der Waals surface area contributed by atoms with Crippen molar-refractivity contribution in [2.24, 2.45) is 17.9 Å². The highest BCUT2D eigenvalue weighted by Crippen LogP contribution is 2.30. The summed E-state index contributed by atoms with van der Waals surface area (Å²) in [6, 6.07) is 0. The lowest BCUT2D eigenvalue weighted by Crippen LogP contribution is -2.58. The molecule has 2 rings (SSSR count). The largest absolute Gasteiger partial charge is 0.409 e. The van der Waals surface area contributed by atoms with Crippen LogP contribution < -0.4 is 10.5 Å². The van der Waals surface area contributed by atoms with E-state index in [4.69, 9.17) is 10.9 Å². The number of nitrogens with zero attached hydrogens (tertiary/aromatic N) is 3. The quantitative estimate of drug-likeness (QED) is 0.316. The maximum Gasteiger partial charge on any atom is 0.244 e. The zero-order valence-corrected chi connectivity index (χ0v) is 12.1. The van der Waals surface area contributed by atoms with Crippen molar-refractivity contribution in [3.05, 3.63) is 12.4 Å². The molecule has 1 fully saturated rings. The lowest BCUT2D eigenvalue weighted by atomic mass is 9.82. The molecule has 1 aromatic rings. The van der Waals surface area contributed by atoms with Gasteiger partial charge in [-0.25, -0.2) is 8.42 Å². The third-order valence-corrected chi connectivity index (χ3v) is 5.12. The Labute approximate surface area is 117 Å². The van der Waals surface area contributed by atoms with E-state index in [-0.39, 0.29) is 10.7 Å². The number of hydrogen-bond donors (Lipinski definition) is 3. The molecule has 1 heterocycles. The maximum atomic E-state index is 12.4. The van der Waals surface area contributed by atoms with E-state index in [0.29, 0.717) is 12.8 Å². The summed E-state index contributed by atoms with van der Waals surface area (Å²) in [5.41, 5.74) is 4.71. The second kappa shape index (κ2) is 5.41. The van der Waals surface area contributed by atoms with Gasteiger partial charge in [0.25, 0.3) is 0 Å². The number of sulfonamides is 1. The van der Waals surface area contributed by atoms with Crippen molar-refractivity contribution in [2.45, 2.75) is 42.5 Å². The third kappa shape index (κ3) is 2.78. The first-order chi connectivity index (χ1) is 9.39. The van der Waals surface area contributed by atoms with Crippen LogP contribution >= 0.6 is 0 Å². The number of aromatic nitrogens is 2. The average Bonchev–Trinajstić information content (AvgIpc) is 2.86. The lowest BCUT2D eigenvalue weighted by molar-refractivity contribution is 0.294. The van der Waals surface area contributed by atoms with Crippen LogP contribution in [-0.4, -0.2) is 34.8 Å². The van der Waals surface area contributed by atoms with Crippen molar-refractivity contribution in [1.29, 1.82) is 0 Å². The summed E-state index contributed by atoms with van der Waals surface area (Å²) >= 11 is 0. The van der Waals surface area contributed by atoms with Crippen molar-refractivity contribution >= 4 is 15.9 Å². The molecular weight excluding hydrogens is 282 g/mol. The van der Waals surface area contributed by atoms with Gasteiger partial charge in [-0.15, -0.1) is 0 Å². The predicted molar refractivity (Wildman–Crippen MR) is 72.8 cm³/mol. The Morgan fingerprint density at radius 2 is 2.15 bits per heavy atom. The smallest absolute Gasteiger partial charge is 0.244 e. The van der Waals surface area contributed by atoms with Crippen LogP contribution in [-0.2, 0) is 17.1 Å². The van der Waals surface area contributed by atoms with E-state index in [2.05, 4.69) is 15.0 Å². The molecule has 0 radical (unpaired) electrons. The van der Waals surface area contributed by atoms with Gasteiger partial charge in [0, 0.05) is 13.2 Å². The number of nitrogens with two attached hydrogens (primary N) is 1. The van der Waals surface area contributed by atoms with E-state index >= 15 is 0 Å². The van der Waals surface area contributed by atoms with Gasteiger partial charge in [0.05, 0.1) is 11.7 Å². The summed E-state index contributed by atoms with van der Waals surface area (Å²) in [7, 11) is -2.12. The zero-order valence-electron chi connectivity index (χ0n) is 11.3. The van der Waals surface area contributed by atoms with Crippen molar-refractivity contribution in [3.63, 3.8) is 0 Å². The van der Waals surface area contributed by atoms with Gasteiger partial charge >= 0.3 is 0 Å². The second-order valence-corrected chi connectivity index (χ2v) is 6.77. The zero-order chi connectivity index (χ0) is 14.8. The van der Waals surface area contributed by atoms with Gasteiger partial charge in [-0.05, 0) is 12.8 Å². The van der Waals surface area contributed by atoms with E-state index < -0.39 is 15.6 Å². The van der Waals surface area contributed by atoms with Gasteiger partial charge in [-0.1, -0.05) is 24.4 Å². The fourth-order valence-electron chi connectivity index (χ4n) is 2.52. The molecular formula is C11H19N5O3S. The Balaban J connectivity index is 2.32. The van der Waals surface area contributed by atoms with Crippen molar-refractivity contribution in [3.8, 4) is 0 Å². The summed E-state index contributed by atoms with van der Waals surface area (Å²) in [6.07, 6.45) is 6.37. The molecule has 0 aromatic carbocycles. The fraction of sp³-hybridized carbons (Fsp3) is 0.636. The fourth-order valence-corrected chi connectivity index (χ4v) is 3.93. The Bertz CT molecular complexity index is 601. The summed E-state index contributed by atoms with van der Waals surface area (Å²) in [5.74, 6) is -0.0929. The summed E-state index contributed by atoms with van der Waals surface area (Å²) in [4.78, 5) is 0.0655. The first-order valence-electron chi connectivity index (χ1n) is 6.40. The normalized spacial score (nSPS) is 19.9. The van der Waals surface area contributed by atoms with Crippen LogP contribution in [0.5, 0.6) is 0 Å². The Kier molecular flexibility index (Phi) is 4.00. The molecule has 0 saturated heterocycles. The molecule has 112 valence electrons. The highest BCUT2D eigenvalue weighted by molar-refractivity contribution is 7.89. The highest BCUT2D eigenvalue weighted by Gasteiger charge is 2.40. The molecule has 0 unspecified atom stereocenters. The van der Waals surface area contributed by atoms with Crippen LogP contribution in [0.2, 0.25) is 0 Å². The Hall–Kier alpha value is -1.61. The molecule has 8 nitrogen and oxygen atoms in total. The SMILES string of the molecule is Cn1cc(S(=O)(=O)NC2(C(N)=NO)CCCCC2)cn1. The molecule has 20 heavy (non-hydrogen) atoms. The summed E-state index contributed by atoms with van der Waals surface area (Å²) in [5, 5.41) is 15.8. The average molecular weight is 301 g/mol. The molecule has 0 aliphatic heterocycles. The monoisotopic (exact) mass is 301 g/mol. The summed E-state index contributed by atoms with van der Waals surface area (Å²) < 4.78 is 28.8. The molecule has 0 spiro atoms. The molecule has 0 bridgehead atoms. The third-order valence-electron chi connectivity index (χ3n) is 3.63. The predicted octanol–water partition coefficient (Wildman–Crippen LogP) is 0.148. The molecule has 1 aliphatic carbocycles. The number of aryl methyl sites for hydroxylation is 1. The maximum absolute atomic E-state index is 12.4. The number of amidine groups is 1. The van der Waals surface area contributed by atoms with Crippen LogP contribution in [0.1, 0.15) is 32.1 Å². The molecule has 4 N–H and O–H groups in total. The van der Waals surface area contributed by atoms with E-state index in [1.54, 1.807) is 7.05 Å². The number of rotatable bonds is 4. The van der Waals surface area contributed by atoms with Crippen molar-refractivity contribution in [1.82, 2.24) is 14.5 Å². The van der Waals surface area contributed by atoms with E-state index in [9.17, 15) is 8.42 Å². The second-order valence-electron chi connectivity index (χ2n) is 5.08. The number of nitrogens with one attached hydrogen (secondary N) is 1. The molecule has 1 saturated carbocycles. The molecule has 0 amide bonds. The molecule has 1 aliphatic rings. The van der Waals surface area contributed by atoms with E-state index in [1.807, 2.05) is 0 Å².